The molecule has 0 heterocycles. The zero-order valence-electron chi connectivity index (χ0n) is 11.0. The van der Waals surface area contributed by atoms with Gasteiger partial charge < -0.3 is 5.11 Å². The maximum Gasteiger partial charge on any atom is 0.246 e. The van der Waals surface area contributed by atoms with Crippen LogP contribution in [0.1, 0.15) is 13.8 Å². The average Bonchev–Trinajstić information content (AvgIpc) is 2.40. The number of hydrogen-bond donors (Lipinski definition) is 1. The quantitative estimate of drug-likeness (QED) is 0.935. The van der Waals surface area contributed by atoms with Crippen molar-refractivity contribution in [2.75, 3.05) is 13.1 Å². The number of sulfonamides is 1. The summed E-state index contributed by atoms with van der Waals surface area (Å²) in [5.74, 6) is -0.176. The molecule has 0 spiro atoms. The highest BCUT2D eigenvalue weighted by atomic mass is 32.2. The van der Waals surface area contributed by atoms with Crippen molar-refractivity contribution >= 4 is 20.8 Å². The Kier molecular flexibility index (Phi) is 3.78. The van der Waals surface area contributed by atoms with Crippen molar-refractivity contribution in [1.82, 2.24) is 4.31 Å². The van der Waals surface area contributed by atoms with Gasteiger partial charge in [-0.2, -0.15) is 4.31 Å². The summed E-state index contributed by atoms with van der Waals surface area (Å²) in [4.78, 5) is -0.0325. The summed E-state index contributed by atoms with van der Waals surface area (Å²) in [6, 6.07) is 10.3. The molecule has 5 heteroatoms. The average molecular weight is 279 g/mol. The van der Waals surface area contributed by atoms with Crippen molar-refractivity contribution in [3.8, 4) is 5.75 Å². The highest BCUT2D eigenvalue weighted by molar-refractivity contribution is 7.89. The molecule has 4 nitrogen and oxygen atoms in total. The molecule has 0 aliphatic heterocycles. The minimum Gasteiger partial charge on any atom is -0.506 e. The van der Waals surface area contributed by atoms with E-state index in [1.54, 1.807) is 32.0 Å². The summed E-state index contributed by atoms with van der Waals surface area (Å²) in [7, 11) is -3.64. The van der Waals surface area contributed by atoms with Crippen LogP contribution in [0.2, 0.25) is 0 Å². The molecule has 2 rings (SSSR count). The van der Waals surface area contributed by atoms with E-state index in [-0.39, 0.29) is 10.6 Å². The monoisotopic (exact) mass is 279 g/mol. The second-order valence-corrected chi connectivity index (χ2v) is 6.13. The molecule has 1 N–H and O–H groups in total. The first-order chi connectivity index (χ1) is 9.02. The molecule has 0 aliphatic rings. The van der Waals surface area contributed by atoms with Gasteiger partial charge in [-0.25, -0.2) is 8.42 Å². The minimum absolute atomic E-state index is 0.0325. The molecule has 0 saturated carbocycles. The van der Waals surface area contributed by atoms with Crippen molar-refractivity contribution in [3.63, 3.8) is 0 Å². The van der Waals surface area contributed by atoms with Gasteiger partial charge in [-0.15, -0.1) is 0 Å². The van der Waals surface area contributed by atoms with Gasteiger partial charge in [0.2, 0.25) is 10.0 Å². The molecule has 0 atom stereocenters. The molecule has 19 heavy (non-hydrogen) atoms. The van der Waals surface area contributed by atoms with Crippen LogP contribution >= 0.6 is 0 Å². The summed E-state index contributed by atoms with van der Waals surface area (Å²) in [6.07, 6.45) is 0. The fraction of sp³-hybridized carbons (Fsp3) is 0.286. The summed E-state index contributed by atoms with van der Waals surface area (Å²) < 4.78 is 26.2. The number of hydrogen-bond acceptors (Lipinski definition) is 3. The smallest absolute Gasteiger partial charge is 0.246 e. The van der Waals surface area contributed by atoms with Crippen LogP contribution in [0.15, 0.2) is 41.3 Å². The zero-order chi connectivity index (χ0) is 14.0. The lowest BCUT2D eigenvalue weighted by molar-refractivity contribution is 0.431. The summed E-state index contributed by atoms with van der Waals surface area (Å²) in [5, 5.41) is 11.6. The Morgan fingerprint density at radius 1 is 1.05 bits per heavy atom. The Morgan fingerprint density at radius 3 is 2.32 bits per heavy atom. The topological polar surface area (TPSA) is 57.6 Å². The summed E-state index contributed by atoms with van der Waals surface area (Å²) in [6.45, 7) is 4.31. The van der Waals surface area contributed by atoms with E-state index < -0.39 is 10.0 Å². The first-order valence-corrected chi connectivity index (χ1v) is 7.67. The molecule has 102 valence electrons. The van der Waals surface area contributed by atoms with Crippen LogP contribution in [-0.2, 0) is 10.0 Å². The predicted octanol–water partition coefficient (Wildman–Crippen LogP) is 2.58. The molecule has 0 radical (unpaired) electrons. The first kappa shape index (κ1) is 13.8. The van der Waals surface area contributed by atoms with Gasteiger partial charge in [-0.3, -0.25) is 0 Å². The highest BCUT2D eigenvalue weighted by Crippen LogP contribution is 2.33. The van der Waals surface area contributed by atoms with Gasteiger partial charge in [0.15, 0.2) is 0 Å². The van der Waals surface area contributed by atoms with Crippen molar-refractivity contribution < 1.29 is 13.5 Å². The van der Waals surface area contributed by atoms with Crippen LogP contribution < -0.4 is 0 Å². The molecule has 0 unspecified atom stereocenters. The number of fused-ring (bicyclic) bond motifs is 1. The number of phenolic OH excluding ortho intramolecular Hbond substituents is 1. The van der Waals surface area contributed by atoms with Gasteiger partial charge in [0.1, 0.15) is 10.6 Å². The molecule has 0 saturated heterocycles. The van der Waals surface area contributed by atoms with Crippen LogP contribution in [0.3, 0.4) is 0 Å². The van der Waals surface area contributed by atoms with E-state index in [2.05, 4.69) is 0 Å². The van der Waals surface area contributed by atoms with Gasteiger partial charge in [-0.05, 0) is 11.5 Å². The maximum atomic E-state index is 12.4. The highest BCUT2D eigenvalue weighted by Gasteiger charge is 2.25. The molecule has 0 amide bonds. The largest absolute Gasteiger partial charge is 0.506 e. The Balaban J connectivity index is 2.67. The van der Waals surface area contributed by atoms with Gasteiger partial charge in [0, 0.05) is 18.5 Å². The predicted molar refractivity (Wildman–Crippen MR) is 75.7 cm³/mol. The third kappa shape index (κ3) is 2.31. The Hall–Kier alpha value is -1.59. The van der Waals surface area contributed by atoms with E-state index in [1.165, 1.54) is 10.4 Å². The van der Waals surface area contributed by atoms with E-state index in [0.29, 0.717) is 18.5 Å². The molecule has 2 aromatic rings. The number of aromatic hydroxyl groups is 1. The van der Waals surface area contributed by atoms with Crippen molar-refractivity contribution in [2.45, 2.75) is 18.7 Å². The van der Waals surface area contributed by atoms with Crippen molar-refractivity contribution in [2.24, 2.45) is 0 Å². The molecular weight excluding hydrogens is 262 g/mol. The van der Waals surface area contributed by atoms with Crippen molar-refractivity contribution in [3.05, 3.63) is 36.4 Å². The second kappa shape index (κ2) is 5.19. The molecule has 2 aromatic carbocycles. The van der Waals surface area contributed by atoms with E-state index in [1.807, 2.05) is 12.1 Å². The zero-order valence-corrected chi connectivity index (χ0v) is 11.8. The molecule has 0 aromatic heterocycles. The van der Waals surface area contributed by atoms with Crippen LogP contribution in [0, 0.1) is 0 Å². The third-order valence-corrected chi connectivity index (χ3v) is 5.27. The summed E-state index contributed by atoms with van der Waals surface area (Å²) in [5.41, 5.74) is 0. The lowest BCUT2D eigenvalue weighted by Gasteiger charge is -2.19. The molecule has 0 bridgehead atoms. The van der Waals surface area contributed by atoms with Gasteiger partial charge in [-0.1, -0.05) is 44.2 Å². The van der Waals surface area contributed by atoms with Crippen LogP contribution in [0.5, 0.6) is 5.75 Å². The fourth-order valence-electron chi connectivity index (χ4n) is 2.15. The fourth-order valence-corrected chi connectivity index (χ4v) is 3.70. The standard InChI is InChI=1S/C14H17NO3S/c1-3-15(4-2)19(17,18)13-10-9-11-7-5-6-8-12(11)14(13)16/h5-10,16H,3-4H2,1-2H3. The van der Waals surface area contributed by atoms with Crippen molar-refractivity contribution in [1.29, 1.82) is 0 Å². The second-order valence-electron chi connectivity index (χ2n) is 4.22. The van der Waals surface area contributed by atoms with Gasteiger partial charge >= 0.3 is 0 Å². The van der Waals surface area contributed by atoms with E-state index in [0.717, 1.165) is 5.39 Å². The Morgan fingerprint density at radius 2 is 1.68 bits per heavy atom. The lowest BCUT2D eigenvalue weighted by atomic mass is 10.1. The SMILES string of the molecule is CCN(CC)S(=O)(=O)c1ccc2ccccc2c1O. The first-order valence-electron chi connectivity index (χ1n) is 6.23. The van der Waals surface area contributed by atoms with Gasteiger partial charge in [0.05, 0.1) is 0 Å². The lowest BCUT2D eigenvalue weighted by Crippen LogP contribution is -2.30. The van der Waals surface area contributed by atoms with Crippen LogP contribution in [0.25, 0.3) is 10.8 Å². The van der Waals surface area contributed by atoms with E-state index in [4.69, 9.17) is 0 Å². The summed E-state index contributed by atoms with van der Waals surface area (Å²) >= 11 is 0. The Bertz CT molecular complexity index is 691. The van der Waals surface area contributed by atoms with Crippen LogP contribution in [-0.4, -0.2) is 30.9 Å². The van der Waals surface area contributed by atoms with E-state index >= 15 is 0 Å². The van der Waals surface area contributed by atoms with E-state index in [9.17, 15) is 13.5 Å². The number of benzene rings is 2. The molecule has 0 aliphatic carbocycles. The third-order valence-electron chi connectivity index (χ3n) is 3.19. The number of rotatable bonds is 4. The number of phenols is 1. The molecule has 0 fully saturated rings. The maximum absolute atomic E-state index is 12.4. The normalized spacial score (nSPS) is 12.2. The molecular formula is C14H17NO3S. The minimum atomic E-state index is -3.64. The Labute approximate surface area is 113 Å². The number of nitrogens with zero attached hydrogens (tertiary/aromatic N) is 1. The van der Waals surface area contributed by atoms with Crippen LogP contribution in [0.4, 0.5) is 0 Å². The van der Waals surface area contributed by atoms with Gasteiger partial charge in [0.25, 0.3) is 0 Å².